The van der Waals surface area contributed by atoms with E-state index in [2.05, 4.69) is 10.9 Å². The Labute approximate surface area is 114 Å². The quantitative estimate of drug-likeness (QED) is 0.572. The number of thiophene rings is 2. The van der Waals surface area contributed by atoms with Crippen molar-refractivity contribution in [3.05, 3.63) is 55.2 Å². The number of hydrogen-bond acceptors (Lipinski definition) is 3. The first kappa shape index (κ1) is 12.6. The maximum Gasteiger partial charge on any atom is 0.213 e. The Balaban J connectivity index is 2.71. The first-order valence-electron chi connectivity index (χ1n) is 5.29. The lowest BCUT2D eigenvalue weighted by atomic mass is 10.0. The molecule has 0 saturated heterocycles. The van der Waals surface area contributed by atoms with Gasteiger partial charge in [-0.1, -0.05) is 6.07 Å². The fourth-order valence-corrected chi connectivity index (χ4v) is 3.17. The first-order chi connectivity index (χ1) is 8.69. The predicted octanol–water partition coefficient (Wildman–Crippen LogP) is 4.74. The maximum absolute atomic E-state index is 9.37. The molecule has 0 aliphatic rings. The Bertz CT molecular complexity index is 630. The minimum absolute atomic E-state index is 0.456. The van der Waals surface area contributed by atoms with Crippen molar-refractivity contribution in [2.75, 3.05) is 0 Å². The Morgan fingerprint density at radius 1 is 1.17 bits per heavy atom. The van der Waals surface area contributed by atoms with Crippen molar-refractivity contribution in [1.29, 1.82) is 5.26 Å². The zero-order valence-electron chi connectivity index (χ0n) is 10.0. The zero-order chi connectivity index (χ0) is 13.1. The predicted molar refractivity (Wildman–Crippen MR) is 77.1 cm³/mol. The summed E-state index contributed by atoms with van der Waals surface area (Å²) in [4.78, 5) is 5.72. The number of allylic oxidation sites excluding steroid dienone is 1. The van der Waals surface area contributed by atoms with Gasteiger partial charge in [0.1, 0.15) is 0 Å². The van der Waals surface area contributed by atoms with Gasteiger partial charge < -0.3 is 0 Å². The van der Waals surface area contributed by atoms with Crippen molar-refractivity contribution < 1.29 is 0 Å². The number of rotatable bonds is 2. The Hall–Kier alpha value is -1.88. The molecule has 0 unspecified atom stereocenters. The van der Waals surface area contributed by atoms with Gasteiger partial charge in [0.15, 0.2) is 0 Å². The van der Waals surface area contributed by atoms with Crippen molar-refractivity contribution in [3.8, 4) is 6.07 Å². The van der Waals surface area contributed by atoms with Crippen LogP contribution >= 0.6 is 22.7 Å². The van der Waals surface area contributed by atoms with Gasteiger partial charge in [0.05, 0.1) is 18.2 Å². The first-order valence-corrected chi connectivity index (χ1v) is 7.05. The molecule has 2 rings (SSSR count). The highest BCUT2D eigenvalue weighted by molar-refractivity contribution is 7.10. The van der Waals surface area contributed by atoms with Crippen molar-refractivity contribution in [3.63, 3.8) is 0 Å². The maximum atomic E-state index is 9.37. The van der Waals surface area contributed by atoms with Gasteiger partial charge >= 0.3 is 0 Å². The van der Waals surface area contributed by atoms with Crippen molar-refractivity contribution in [2.45, 2.75) is 13.8 Å². The Morgan fingerprint density at radius 2 is 1.72 bits per heavy atom. The molecule has 0 bridgehead atoms. The van der Waals surface area contributed by atoms with Gasteiger partial charge in [-0.2, -0.15) is 5.26 Å². The second-order valence-corrected chi connectivity index (χ2v) is 5.97. The molecule has 0 spiro atoms. The average Bonchev–Trinajstić information content (AvgIpc) is 2.95. The summed E-state index contributed by atoms with van der Waals surface area (Å²) in [5, 5.41) is 13.3. The van der Waals surface area contributed by atoms with Crippen LogP contribution in [0.25, 0.3) is 16.1 Å². The molecule has 0 aliphatic carbocycles. The van der Waals surface area contributed by atoms with Crippen LogP contribution in [0.1, 0.15) is 20.9 Å². The minimum atomic E-state index is 0.456. The van der Waals surface area contributed by atoms with E-state index in [1.165, 1.54) is 0 Å². The summed E-state index contributed by atoms with van der Waals surface area (Å²) in [6.45, 7) is 11.3. The third kappa shape index (κ3) is 2.09. The fraction of sp³-hybridized carbons (Fsp3) is 0.143. The SMILES string of the molecule is [C-]#[N+]C(=C(C#N)c1ccsc1C)c1ccsc1C. The standard InChI is InChI=1S/C14H10N2S2/c1-9-11(4-6-17-9)13(8-15)14(16-3)12-5-7-18-10(12)2/h4-7H,1-2H3. The molecule has 2 aromatic rings. The topological polar surface area (TPSA) is 28.1 Å². The van der Waals surface area contributed by atoms with Crippen molar-refractivity contribution in [2.24, 2.45) is 0 Å². The van der Waals surface area contributed by atoms with Crippen LogP contribution < -0.4 is 0 Å². The molecule has 0 amide bonds. The molecule has 4 heteroatoms. The van der Waals surface area contributed by atoms with Crippen LogP contribution in [0.3, 0.4) is 0 Å². The van der Waals surface area contributed by atoms with Gasteiger partial charge in [-0.05, 0) is 46.7 Å². The van der Waals surface area contributed by atoms with E-state index in [1.54, 1.807) is 22.7 Å². The summed E-state index contributed by atoms with van der Waals surface area (Å²) in [6, 6.07) is 6.01. The molecule has 2 heterocycles. The smallest absolute Gasteiger partial charge is 0.213 e. The van der Waals surface area contributed by atoms with E-state index in [9.17, 15) is 5.26 Å². The second kappa shape index (κ2) is 5.18. The Morgan fingerprint density at radius 3 is 2.11 bits per heavy atom. The van der Waals surface area contributed by atoms with Gasteiger partial charge in [-0.3, -0.25) is 0 Å². The molecule has 0 saturated carbocycles. The fourth-order valence-electron chi connectivity index (χ4n) is 1.77. The molecular weight excluding hydrogens is 260 g/mol. The van der Waals surface area contributed by atoms with Crippen LogP contribution in [-0.2, 0) is 0 Å². The molecule has 0 aliphatic heterocycles. The molecule has 18 heavy (non-hydrogen) atoms. The number of aryl methyl sites for hydroxylation is 2. The number of hydrogen-bond donors (Lipinski definition) is 0. The molecule has 0 atom stereocenters. The molecule has 2 nitrogen and oxygen atoms in total. The minimum Gasteiger partial charge on any atom is -0.236 e. The van der Waals surface area contributed by atoms with Gasteiger partial charge in [0, 0.05) is 4.88 Å². The summed E-state index contributed by atoms with van der Waals surface area (Å²) in [7, 11) is 0. The summed E-state index contributed by atoms with van der Waals surface area (Å²) < 4.78 is 0. The van der Waals surface area contributed by atoms with Gasteiger partial charge in [0.25, 0.3) is 0 Å². The van der Waals surface area contributed by atoms with Crippen LogP contribution in [0, 0.1) is 31.8 Å². The number of nitriles is 1. The molecule has 0 fully saturated rings. The summed E-state index contributed by atoms with van der Waals surface area (Å²) in [5.74, 6) is 0. The van der Waals surface area contributed by atoms with Gasteiger partial charge in [-0.15, -0.1) is 22.7 Å². The van der Waals surface area contributed by atoms with E-state index in [4.69, 9.17) is 6.57 Å². The van der Waals surface area contributed by atoms with Crippen LogP contribution in [-0.4, -0.2) is 0 Å². The van der Waals surface area contributed by atoms with Crippen molar-refractivity contribution >= 4 is 33.9 Å². The third-order valence-corrected chi connectivity index (χ3v) is 4.39. The molecular formula is C14H10N2S2. The normalized spacial score (nSPS) is 11.6. The lowest BCUT2D eigenvalue weighted by Crippen LogP contribution is -1.87. The summed E-state index contributed by atoms with van der Waals surface area (Å²) in [6.07, 6.45) is 0. The van der Waals surface area contributed by atoms with Crippen LogP contribution in [0.2, 0.25) is 0 Å². The van der Waals surface area contributed by atoms with E-state index >= 15 is 0 Å². The van der Waals surface area contributed by atoms with E-state index in [0.29, 0.717) is 11.3 Å². The highest BCUT2D eigenvalue weighted by Gasteiger charge is 2.16. The van der Waals surface area contributed by atoms with Crippen LogP contribution in [0.15, 0.2) is 22.9 Å². The molecule has 0 N–H and O–H groups in total. The zero-order valence-corrected chi connectivity index (χ0v) is 11.7. The lowest BCUT2D eigenvalue weighted by molar-refractivity contribution is 1.50. The third-order valence-electron chi connectivity index (χ3n) is 2.70. The van der Waals surface area contributed by atoms with Crippen LogP contribution in [0.5, 0.6) is 0 Å². The largest absolute Gasteiger partial charge is 0.236 e. The average molecular weight is 270 g/mol. The van der Waals surface area contributed by atoms with Crippen LogP contribution in [0.4, 0.5) is 0 Å². The Kier molecular flexibility index (Phi) is 3.62. The van der Waals surface area contributed by atoms with E-state index in [1.807, 2.05) is 36.7 Å². The van der Waals surface area contributed by atoms with E-state index in [-0.39, 0.29) is 0 Å². The van der Waals surface area contributed by atoms with Crippen molar-refractivity contribution in [1.82, 2.24) is 0 Å². The van der Waals surface area contributed by atoms with Gasteiger partial charge in [0.2, 0.25) is 5.70 Å². The monoisotopic (exact) mass is 270 g/mol. The lowest BCUT2D eigenvalue weighted by Gasteiger charge is -2.03. The highest BCUT2D eigenvalue weighted by atomic mass is 32.1. The van der Waals surface area contributed by atoms with E-state index in [0.717, 1.165) is 20.9 Å². The highest BCUT2D eigenvalue weighted by Crippen LogP contribution is 2.33. The molecule has 2 aromatic heterocycles. The van der Waals surface area contributed by atoms with E-state index < -0.39 is 0 Å². The molecule has 0 aromatic carbocycles. The number of nitrogens with zero attached hydrogens (tertiary/aromatic N) is 2. The molecule has 0 radical (unpaired) electrons. The summed E-state index contributed by atoms with van der Waals surface area (Å²) in [5.41, 5.74) is 2.68. The second-order valence-electron chi connectivity index (χ2n) is 3.73. The molecule has 88 valence electrons. The summed E-state index contributed by atoms with van der Waals surface area (Å²) >= 11 is 3.19. The van der Waals surface area contributed by atoms with Gasteiger partial charge in [-0.25, -0.2) is 4.85 Å².